The van der Waals surface area contributed by atoms with Crippen molar-refractivity contribution < 1.29 is 9.31 Å². The van der Waals surface area contributed by atoms with Crippen molar-refractivity contribution in [3.8, 4) is 0 Å². The number of hydrogen-bond acceptors (Lipinski definition) is 3. The van der Waals surface area contributed by atoms with E-state index in [1.165, 1.54) is 6.42 Å². The molecule has 2 bridgehead atoms. The van der Waals surface area contributed by atoms with Gasteiger partial charge in [0.15, 0.2) is 0 Å². The zero-order valence-electron chi connectivity index (χ0n) is 12.6. The maximum atomic E-state index is 6.33. The summed E-state index contributed by atoms with van der Waals surface area (Å²) in [5, 5.41) is 0.992. The molecule has 116 valence electrons. The van der Waals surface area contributed by atoms with Gasteiger partial charge in [0, 0.05) is 11.3 Å². The van der Waals surface area contributed by atoms with Crippen LogP contribution in [0.25, 0.3) is 0 Å². The minimum atomic E-state index is -0.204. The van der Waals surface area contributed by atoms with E-state index in [0.29, 0.717) is 11.3 Å². The van der Waals surface area contributed by atoms with E-state index in [4.69, 9.17) is 15.0 Å². The monoisotopic (exact) mass is 365 g/mol. The van der Waals surface area contributed by atoms with Gasteiger partial charge < -0.3 is 15.0 Å². The van der Waals surface area contributed by atoms with Gasteiger partial charge in [-0.15, -0.1) is 12.4 Å². The quantitative estimate of drug-likeness (QED) is 0.614. The fourth-order valence-electron chi connectivity index (χ4n) is 4.53. The fraction of sp³-hybridized carbons (Fsp3) is 1.00. The molecule has 1 aliphatic heterocycles. The number of nitrogens with two attached hydrogens (primary N) is 1. The van der Waals surface area contributed by atoms with Crippen LogP contribution in [-0.4, -0.2) is 30.1 Å². The molecule has 5 atom stereocenters. The molecular formula is C14H26BBrClNO2. The first-order valence-corrected chi connectivity index (χ1v) is 8.66. The van der Waals surface area contributed by atoms with Crippen molar-refractivity contribution in [2.45, 2.75) is 64.1 Å². The van der Waals surface area contributed by atoms with Crippen LogP contribution < -0.4 is 5.73 Å². The minimum absolute atomic E-state index is 0. The van der Waals surface area contributed by atoms with Crippen molar-refractivity contribution in [2.24, 2.45) is 23.0 Å². The Hall–Kier alpha value is 0.715. The summed E-state index contributed by atoms with van der Waals surface area (Å²) in [6.45, 7) is 7.01. The Morgan fingerprint density at radius 2 is 2.05 bits per heavy atom. The third kappa shape index (κ3) is 2.38. The minimum Gasteiger partial charge on any atom is -0.404 e. The lowest BCUT2D eigenvalue weighted by molar-refractivity contribution is -0.199. The van der Waals surface area contributed by atoms with Gasteiger partial charge in [0.05, 0.1) is 11.7 Å². The summed E-state index contributed by atoms with van der Waals surface area (Å²) in [6, 6.07) is 0. The summed E-state index contributed by atoms with van der Waals surface area (Å²) in [5.41, 5.74) is 6.52. The molecule has 1 saturated heterocycles. The predicted octanol–water partition coefficient (Wildman–Crippen LogP) is 3.18. The molecule has 0 aromatic heterocycles. The van der Waals surface area contributed by atoms with Gasteiger partial charge in [0.2, 0.25) is 0 Å². The van der Waals surface area contributed by atoms with E-state index in [-0.39, 0.29) is 37.2 Å². The lowest BCUT2D eigenvalue weighted by atomic mass is 9.43. The molecule has 20 heavy (non-hydrogen) atoms. The van der Waals surface area contributed by atoms with E-state index in [2.05, 4.69) is 36.7 Å². The number of rotatable bonds is 4. The van der Waals surface area contributed by atoms with Crippen LogP contribution >= 0.6 is 28.3 Å². The first-order chi connectivity index (χ1) is 8.89. The van der Waals surface area contributed by atoms with E-state index in [0.717, 1.165) is 30.5 Å². The summed E-state index contributed by atoms with van der Waals surface area (Å²) in [6.07, 6.45) is 4.72. The molecule has 0 radical (unpaired) electrons. The van der Waals surface area contributed by atoms with Crippen molar-refractivity contribution >= 4 is 35.5 Å². The zero-order valence-corrected chi connectivity index (χ0v) is 15.0. The van der Waals surface area contributed by atoms with E-state index in [1.54, 1.807) is 0 Å². The van der Waals surface area contributed by atoms with Crippen LogP contribution in [-0.2, 0) is 9.31 Å². The Bertz CT molecular complexity index is 373. The van der Waals surface area contributed by atoms with Crippen LogP contribution in [0.5, 0.6) is 0 Å². The van der Waals surface area contributed by atoms with Crippen LogP contribution in [0.2, 0.25) is 0 Å². The average molecular weight is 367 g/mol. The van der Waals surface area contributed by atoms with E-state index >= 15 is 0 Å². The molecule has 2 N–H and O–H groups in total. The maximum absolute atomic E-state index is 6.33. The highest BCUT2D eigenvalue weighted by atomic mass is 79.9. The molecule has 6 heteroatoms. The van der Waals surface area contributed by atoms with Gasteiger partial charge in [-0.1, -0.05) is 29.8 Å². The molecule has 0 unspecified atom stereocenters. The molecule has 0 spiro atoms. The highest BCUT2D eigenvalue weighted by Crippen LogP contribution is 2.65. The van der Waals surface area contributed by atoms with Crippen LogP contribution in [0.3, 0.4) is 0 Å². The predicted molar refractivity (Wildman–Crippen MR) is 88.4 cm³/mol. The first kappa shape index (κ1) is 17.1. The van der Waals surface area contributed by atoms with Crippen LogP contribution in [0, 0.1) is 17.3 Å². The summed E-state index contributed by atoms with van der Waals surface area (Å²) < 4.78 is 12.5. The third-order valence-corrected chi connectivity index (χ3v) is 6.55. The smallest absolute Gasteiger partial charge is 0.404 e. The Kier molecular flexibility index (Phi) is 4.89. The second-order valence-corrected chi connectivity index (χ2v) is 8.13. The molecule has 3 aliphatic carbocycles. The average Bonchev–Trinajstić information content (AvgIpc) is 2.72. The second-order valence-electron chi connectivity index (χ2n) is 7.33. The number of halogens is 2. The van der Waals surface area contributed by atoms with E-state index in [9.17, 15) is 0 Å². The zero-order chi connectivity index (χ0) is 13.8. The maximum Gasteiger partial charge on any atom is 0.475 e. The Labute approximate surface area is 137 Å². The Balaban J connectivity index is 0.00000147. The fourth-order valence-corrected chi connectivity index (χ4v) is 4.86. The summed E-state index contributed by atoms with van der Waals surface area (Å²) in [7, 11) is -0.204. The van der Waals surface area contributed by atoms with Gasteiger partial charge in [0.25, 0.3) is 0 Å². The lowest BCUT2D eigenvalue weighted by Gasteiger charge is -2.64. The normalized spacial score (nSPS) is 42.5. The molecule has 3 saturated carbocycles. The summed E-state index contributed by atoms with van der Waals surface area (Å²) >= 11 is 3.45. The molecule has 0 aromatic carbocycles. The van der Waals surface area contributed by atoms with E-state index < -0.39 is 0 Å². The molecule has 4 fully saturated rings. The van der Waals surface area contributed by atoms with Gasteiger partial charge in [-0.05, 0) is 49.9 Å². The van der Waals surface area contributed by atoms with Gasteiger partial charge in [-0.25, -0.2) is 0 Å². The summed E-state index contributed by atoms with van der Waals surface area (Å²) in [5.74, 6) is 1.43. The molecule has 3 nitrogen and oxygen atoms in total. The Morgan fingerprint density at radius 3 is 2.65 bits per heavy atom. The van der Waals surface area contributed by atoms with E-state index in [1.807, 2.05) is 0 Å². The van der Waals surface area contributed by atoms with Gasteiger partial charge >= 0.3 is 7.12 Å². The largest absolute Gasteiger partial charge is 0.475 e. The molecule has 1 heterocycles. The topological polar surface area (TPSA) is 44.5 Å². The standard InChI is InChI=1S/C14H25BBrNO2.ClH/c1-13(2)9-7-10(13)14(3)11(8-9)18-15(19-14)12(17)5-4-6-16;/h9-12H,4-8,17H2,1-3H3;1H/t9-,10+,11-,12-,14-;/m0./s1. The molecule has 4 aliphatic rings. The van der Waals surface area contributed by atoms with Gasteiger partial charge in [-0.3, -0.25) is 0 Å². The third-order valence-electron chi connectivity index (χ3n) is 5.99. The van der Waals surface area contributed by atoms with Crippen molar-refractivity contribution in [1.82, 2.24) is 0 Å². The van der Waals surface area contributed by atoms with Crippen LogP contribution in [0.4, 0.5) is 0 Å². The Morgan fingerprint density at radius 1 is 1.35 bits per heavy atom. The first-order valence-electron chi connectivity index (χ1n) is 7.54. The highest BCUT2D eigenvalue weighted by Gasteiger charge is 2.68. The molecule has 0 aromatic rings. The number of alkyl halides is 1. The molecular weight excluding hydrogens is 340 g/mol. The number of hydrogen-bond donors (Lipinski definition) is 1. The van der Waals surface area contributed by atoms with Gasteiger partial charge in [-0.2, -0.15) is 0 Å². The summed E-state index contributed by atoms with van der Waals surface area (Å²) in [4.78, 5) is 0. The second kappa shape index (κ2) is 5.73. The van der Waals surface area contributed by atoms with Gasteiger partial charge in [0.1, 0.15) is 0 Å². The van der Waals surface area contributed by atoms with Crippen LogP contribution in [0.1, 0.15) is 46.5 Å². The lowest BCUT2D eigenvalue weighted by Crippen LogP contribution is -2.65. The van der Waals surface area contributed by atoms with Crippen LogP contribution in [0.15, 0.2) is 0 Å². The SMILES string of the molecule is CC1(C)[C@@H]2C[C@@H]3OB([C@@H](N)CCCBr)O[C@@]3(C)[C@@H]1C2.Cl. The van der Waals surface area contributed by atoms with Crippen molar-refractivity contribution in [2.75, 3.05) is 5.33 Å². The van der Waals surface area contributed by atoms with Crippen molar-refractivity contribution in [3.63, 3.8) is 0 Å². The van der Waals surface area contributed by atoms with Crippen molar-refractivity contribution in [3.05, 3.63) is 0 Å². The molecule has 0 amide bonds. The highest BCUT2D eigenvalue weighted by molar-refractivity contribution is 9.09. The molecule has 4 rings (SSSR count). The van der Waals surface area contributed by atoms with Crippen molar-refractivity contribution in [1.29, 1.82) is 0 Å².